The molecule has 0 saturated carbocycles. The minimum absolute atomic E-state index is 0.0232. The molecule has 2 aromatic carbocycles. The average molecular weight is 344 g/mol. The molecule has 2 N–H and O–H groups in total. The number of imidazole rings is 1. The summed E-state index contributed by atoms with van der Waals surface area (Å²) in [7, 11) is 0. The van der Waals surface area contributed by atoms with Gasteiger partial charge in [0.1, 0.15) is 0 Å². The number of fused-ring (bicyclic) bond motifs is 1. The highest BCUT2D eigenvalue weighted by atomic mass is 16.1. The molecule has 5 nitrogen and oxygen atoms in total. The summed E-state index contributed by atoms with van der Waals surface area (Å²) in [5, 5.41) is 4.18. The standard InChI is InChI=1S/C21H20N4O/c26-21(9-8-17-13-23-20-7-2-1-6-19(17)20)24-18-5-3-4-16(12-18)14-25-11-10-22-15-25/h1-7,10-13,15,23H,8-9,14H2,(H,24,26). The van der Waals surface area contributed by atoms with Crippen molar-refractivity contribution in [2.75, 3.05) is 5.32 Å². The molecule has 0 aliphatic rings. The van der Waals surface area contributed by atoms with Crippen LogP contribution in [-0.2, 0) is 17.8 Å². The maximum Gasteiger partial charge on any atom is 0.224 e. The highest BCUT2D eigenvalue weighted by Crippen LogP contribution is 2.19. The Balaban J connectivity index is 1.37. The number of rotatable bonds is 6. The van der Waals surface area contributed by atoms with E-state index in [9.17, 15) is 4.79 Å². The zero-order chi connectivity index (χ0) is 17.8. The Hall–Kier alpha value is -3.34. The first-order valence-corrected chi connectivity index (χ1v) is 8.67. The first kappa shape index (κ1) is 16.1. The number of anilines is 1. The van der Waals surface area contributed by atoms with Crippen LogP contribution in [0.25, 0.3) is 10.9 Å². The van der Waals surface area contributed by atoms with Crippen LogP contribution in [0.1, 0.15) is 17.5 Å². The summed E-state index contributed by atoms with van der Waals surface area (Å²) in [5.74, 6) is 0.0232. The van der Waals surface area contributed by atoms with Gasteiger partial charge in [0, 0.05) is 48.1 Å². The summed E-state index contributed by atoms with van der Waals surface area (Å²) in [6.45, 7) is 0.735. The van der Waals surface area contributed by atoms with Gasteiger partial charge in [0.2, 0.25) is 5.91 Å². The molecule has 0 atom stereocenters. The molecule has 4 aromatic rings. The molecule has 4 rings (SSSR count). The van der Waals surface area contributed by atoms with E-state index >= 15 is 0 Å². The van der Waals surface area contributed by atoms with Gasteiger partial charge in [-0.05, 0) is 35.7 Å². The SMILES string of the molecule is O=C(CCc1c[nH]c2ccccc12)Nc1cccc(Cn2ccnc2)c1. The van der Waals surface area contributed by atoms with Crippen LogP contribution in [0.2, 0.25) is 0 Å². The van der Waals surface area contributed by atoms with E-state index in [0.717, 1.165) is 23.3 Å². The predicted molar refractivity (Wildman–Crippen MR) is 103 cm³/mol. The van der Waals surface area contributed by atoms with Crippen LogP contribution < -0.4 is 5.32 Å². The molecule has 0 saturated heterocycles. The molecule has 2 aromatic heterocycles. The van der Waals surface area contributed by atoms with Gasteiger partial charge in [-0.3, -0.25) is 4.79 Å². The summed E-state index contributed by atoms with van der Waals surface area (Å²) >= 11 is 0. The van der Waals surface area contributed by atoms with Crippen molar-refractivity contribution in [1.82, 2.24) is 14.5 Å². The lowest BCUT2D eigenvalue weighted by molar-refractivity contribution is -0.116. The van der Waals surface area contributed by atoms with E-state index in [1.54, 1.807) is 12.5 Å². The van der Waals surface area contributed by atoms with Crippen LogP contribution in [0.15, 0.2) is 73.4 Å². The largest absolute Gasteiger partial charge is 0.361 e. The normalized spacial score (nSPS) is 10.9. The van der Waals surface area contributed by atoms with Crippen molar-refractivity contribution in [3.63, 3.8) is 0 Å². The first-order valence-electron chi connectivity index (χ1n) is 8.67. The Morgan fingerprint density at radius 1 is 1.15 bits per heavy atom. The van der Waals surface area contributed by atoms with Crippen molar-refractivity contribution in [3.05, 3.63) is 84.6 Å². The van der Waals surface area contributed by atoms with Gasteiger partial charge in [-0.2, -0.15) is 0 Å². The molecule has 0 radical (unpaired) electrons. The van der Waals surface area contributed by atoms with Gasteiger partial charge in [0.15, 0.2) is 0 Å². The van der Waals surface area contributed by atoms with Crippen molar-refractivity contribution in [1.29, 1.82) is 0 Å². The number of H-pyrrole nitrogens is 1. The maximum absolute atomic E-state index is 12.3. The highest BCUT2D eigenvalue weighted by Gasteiger charge is 2.07. The smallest absolute Gasteiger partial charge is 0.224 e. The third-order valence-electron chi connectivity index (χ3n) is 4.43. The number of aryl methyl sites for hydroxylation is 1. The first-order chi connectivity index (χ1) is 12.8. The summed E-state index contributed by atoms with van der Waals surface area (Å²) < 4.78 is 2.00. The molecule has 1 amide bonds. The monoisotopic (exact) mass is 344 g/mol. The number of aromatic nitrogens is 3. The number of benzene rings is 2. The number of amides is 1. The van der Waals surface area contributed by atoms with Gasteiger partial charge < -0.3 is 14.9 Å². The van der Waals surface area contributed by atoms with E-state index in [4.69, 9.17) is 0 Å². The van der Waals surface area contributed by atoms with Gasteiger partial charge >= 0.3 is 0 Å². The van der Waals surface area contributed by atoms with Crippen LogP contribution in [0, 0.1) is 0 Å². The lowest BCUT2D eigenvalue weighted by Crippen LogP contribution is -2.12. The summed E-state index contributed by atoms with van der Waals surface area (Å²) in [6.07, 6.45) is 8.62. The van der Waals surface area contributed by atoms with Crippen LogP contribution in [0.3, 0.4) is 0 Å². The number of carbonyl (C=O) groups excluding carboxylic acids is 1. The molecule has 5 heteroatoms. The zero-order valence-corrected chi connectivity index (χ0v) is 14.4. The second-order valence-corrected chi connectivity index (χ2v) is 6.34. The second kappa shape index (κ2) is 7.27. The van der Waals surface area contributed by atoms with Crippen LogP contribution in [-0.4, -0.2) is 20.4 Å². The molecule has 0 spiro atoms. The fraction of sp³-hybridized carbons (Fsp3) is 0.143. The predicted octanol–water partition coefficient (Wildman–Crippen LogP) is 3.98. The van der Waals surface area contributed by atoms with Crippen LogP contribution >= 0.6 is 0 Å². The highest BCUT2D eigenvalue weighted by molar-refractivity contribution is 5.91. The molecule has 130 valence electrons. The topological polar surface area (TPSA) is 62.7 Å². The number of aromatic amines is 1. The fourth-order valence-corrected chi connectivity index (χ4v) is 3.15. The summed E-state index contributed by atoms with van der Waals surface area (Å²) in [6, 6.07) is 16.1. The minimum Gasteiger partial charge on any atom is -0.361 e. The van der Waals surface area contributed by atoms with Gasteiger partial charge in [0.05, 0.1) is 6.33 Å². The molecule has 26 heavy (non-hydrogen) atoms. The molecule has 0 unspecified atom stereocenters. The average Bonchev–Trinajstić information content (AvgIpc) is 3.30. The number of hydrogen-bond acceptors (Lipinski definition) is 2. The van der Waals surface area contributed by atoms with Crippen LogP contribution in [0.5, 0.6) is 0 Å². The molecule has 2 heterocycles. The fourth-order valence-electron chi connectivity index (χ4n) is 3.15. The Morgan fingerprint density at radius 2 is 2.08 bits per heavy atom. The molecule has 0 aliphatic heterocycles. The Kier molecular flexibility index (Phi) is 4.51. The number of carbonyl (C=O) groups is 1. The summed E-state index contributed by atoms with van der Waals surface area (Å²) in [5.41, 5.74) is 4.23. The number of nitrogens with zero attached hydrogens (tertiary/aromatic N) is 2. The molecule has 0 aliphatic carbocycles. The number of para-hydroxylation sites is 1. The Bertz CT molecular complexity index is 1020. The lowest BCUT2D eigenvalue weighted by atomic mass is 10.1. The van der Waals surface area contributed by atoms with Crippen molar-refractivity contribution >= 4 is 22.5 Å². The minimum atomic E-state index is 0.0232. The van der Waals surface area contributed by atoms with E-state index in [1.807, 2.05) is 59.4 Å². The number of nitrogens with one attached hydrogen (secondary N) is 2. The van der Waals surface area contributed by atoms with E-state index in [-0.39, 0.29) is 5.91 Å². The Morgan fingerprint density at radius 3 is 2.96 bits per heavy atom. The van der Waals surface area contributed by atoms with Crippen LogP contribution in [0.4, 0.5) is 5.69 Å². The summed E-state index contributed by atoms with van der Waals surface area (Å²) in [4.78, 5) is 19.6. The van der Waals surface area contributed by atoms with E-state index < -0.39 is 0 Å². The zero-order valence-electron chi connectivity index (χ0n) is 14.4. The van der Waals surface area contributed by atoms with Crippen molar-refractivity contribution in [2.45, 2.75) is 19.4 Å². The number of hydrogen-bond donors (Lipinski definition) is 2. The lowest BCUT2D eigenvalue weighted by Gasteiger charge is -2.08. The molecule has 0 bridgehead atoms. The van der Waals surface area contributed by atoms with Gasteiger partial charge in [-0.1, -0.05) is 30.3 Å². The second-order valence-electron chi connectivity index (χ2n) is 6.34. The Labute approximate surface area is 151 Å². The van der Waals surface area contributed by atoms with E-state index in [0.29, 0.717) is 12.8 Å². The third-order valence-corrected chi connectivity index (χ3v) is 4.43. The van der Waals surface area contributed by atoms with E-state index in [1.165, 1.54) is 10.9 Å². The van der Waals surface area contributed by atoms with Crippen molar-refractivity contribution in [3.8, 4) is 0 Å². The quantitative estimate of drug-likeness (QED) is 0.556. The molecular formula is C21H20N4O. The van der Waals surface area contributed by atoms with Gasteiger partial charge in [0.25, 0.3) is 0 Å². The van der Waals surface area contributed by atoms with E-state index in [2.05, 4.69) is 21.4 Å². The molecular weight excluding hydrogens is 324 g/mol. The van der Waals surface area contributed by atoms with Crippen molar-refractivity contribution in [2.24, 2.45) is 0 Å². The van der Waals surface area contributed by atoms with Crippen molar-refractivity contribution < 1.29 is 4.79 Å². The third kappa shape index (κ3) is 3.67. The maximum atomic E-state index is 12.3. The molecule has 0 fully saturated rings. The van der Waals surface area contributed by atoms with Gasteiger partial charge in [-0.25, -0.2) is 4.98 Å². The van der Waals surface area contributed by atoms with Gasteiger partial charge in [-0.15, -0.1) is 0 Å².